The lowest BCUT2D eigenvalue weighted by atomic mass is 9.97. The summed E-state index contributed by atoms with van der Waals surface area (Å²) in [5.74, 6) is 0. The molecule has 0 spiro atoms. The van der Waals surface area contributed by atoms with E-state index < -0.39 is 16.1 Å². The molecular formula is C63H56N2Si2. The first-order valence-corrected chi connectivity index (χ1v) is 30.7. The van der Waals surface area contributed by atoms with Gasteiger partial charge in [-0.3, -0.25) is 0 Å². The first kappa shape index (κ1) is 42.4. The SMILES string of the molecule is C[Si](C)(C)C1([Si](C)(C)C)c2c(ccc3cc(N(c4ccccc4)c4ccccc4-c4ccccc4)ccc23)-c2ccc3cc(N(c4ccccc4)c4ccccc4-c4ccccc4)ccc3c21. The summed E-state index contributed by atoms with van der Waals surface area (Å²) in [6, 6.07) is 85.2. The van der Waals surface area contributed by atoms with Crippen LogP contribution in [0.4, 0.5) is 34.1 Å². The smallest absolute Gasteiger partial charge is 0.0579 e. The van der Waals surface area contributed by atoms with Crippen molar-refractivity contribution in [3.63, 3.8) is 0 Å². The summed E-state index contributed by atoms with van der Waals surface area (Å²) in [6.45, 7) is 15.8. The molecule has 1 aliphatic rings. The molecule has 0 atom stereocenters. The van der Waals surface area contributed by atoms with Crippen molar-refractivity contribution in [3.05, 3.63) is 242 Å². The van der Waals surface area contributed by atoms with E-state index in [-0.39, 0.29) is 4.66 Å². The molecule has 0 unspecified atom stereocenters. The monoisotopic (exact) mass is 896 g/mol. The zero-order valence-electron chi connectivity index (χ0n) is 39.3. The summed E-state index contributed by atoms with van der Waals surface area (Å²) < 4.78 is -0.0786. The van der Waals surface area contributed by atoms with Crippen LogP contribution >= 0.6 is 0 Å². The predicted molar refractivity (Wildman–Crippen MR) is 295 cm³/mol. The molecular weight excluding hydrogens is 841 g/mol. The molecule has 0 amide bonds. The summed E-state index contributed by atoms with van der Waals surface area (Å²) in [7, 11) is -4.15. The molecule has 0 bridgehead atoms. The molecule has 4 heteroatoms. The van der Waals surface area contributed by atoms with Gasteiger partial charge in [-0.25, -0.2) is 0 Å². The van der Waals surface area contributed by atoms with Crippen LogP contribution in [0.1, 0.15) is 11.1 Å². The maximum atomic E-state index is 2.64. The van der Waals surface area contributed by atoms with Gasteiger partial charge in [0.2, 0.25) is 0 Å². The lowest BCUT2D eigenvalue weighted by Gasteiger charge is -2.52. The van der Waals surface area contributed by atoms with Gasteiger partial charge in [0.1, 0.15) is 0 Å². The molecule has 67 heavy (non-hydrogen) atoms. The van der Waals surface area contributed by atoms with Gasteiger partial charge in [0.05, 0.1) is 27.5 Å². The van der Waals surface area contributed by atoms with Gasteiger partial charge in [-0.2, -0.15) is 0 Å². The highest BCUT2D eigenvalue weighted by Gasteiger charge is 2.60. The molecule has 326 valence electrons. The third-order valence-corrected chi connectivity index (χ3v) is 24.3. The van der Waals surface area contributed by atoms with Gasteiger partial charge in [-0.1, -0.05) is 209 Å². The van der Waals surface area contributed by atoms with E-state index >= 15 is 0 Å². The third kappa shape index (κ3) is 6.97. The molecule has 1 aliphatic carbocycles. The molecule has 0 aromatic heterocycles. The molecule has 2 nitrogen and oxygen atoms in total. The Bertz CT molecular complexity index is 3200. The minimum Gasteiger partial charge on any atom is -0.310 e. The van der Waals surface area contributed by atoms with Crippen LogP contribution in [0.2, 0.25) is 39.3 Å². The molecule has 0 fully saturated rings. The average molecular weight is 897 g/mol. The number of fused-ring (bicyclic) bond motifs is 7. The minimum absolute atomic E-state index is 0.0786. The lowest BCUT2D eigenvalue weighted by Crippen LogP contribution is -2.63. The number of anilines is 6. The highest BCUT2D eigenvalue weighted by molar-refractivity contribution is 7.00. The predicted octanol–water partition coefficient (Wildman–Crippen LogP) is 18.3. The van der Waals surface area contributed by atoms with Crippen molar-refractivity contribution in [2.75, 3.05) is 9.80 Å². The average Bonchev–Trinajstić information content (AvgIpc) is 3.69. The number of hydrogen-bond acceptors (Lipinski definition) is 2. The van der Waals surface area contributed by atoms with Gasteiger partial charge in [0, 0.05) is 38.5 Å². The second-order valence-electron chi connectivity index (χ2n) is 20.1. The van der Waals surface area contributed by atoms with Gasteiger partial charge in [-0.15, -0.1) is 0 Å². The Hall–Kier alpha value is -7.25. The van der Waals surface area contributed by atoms with E-state index in [1.54, 1.807) is 11.1 Å². The number of rotatable bonds is 10. The fourth-order valence-corrected chi connectivity index (χ4v) is 25.1. The maximum Gasteiger partial charge on any atom is 0.0579 e. The Kier molecular flexibility index (Phi) is 10.5. The number of hydrogen-bond donors (Lipinski definition) is 0. The van der Waals surface area contributed by atoms with E-state index in [0.29, 0.717) is 0 Å². The molecule has 0 aliphatic heterocycles. The fraction of sp³-hybridized carbons (Fsp3) is 0.111. The minimum atomic E-state index is -2.08. The number of nitrogens with zero attached hydrogens (tertiary/aromatic N) is 2. The van der Waals surface area contributed by atoms with Crippen LogP contribution in [-0.4, -0.2) is 16.1 Å². The van der Waals surface area contributed by atoms with Crippen molar-refractivity contribution in [2.24, 2.45) is 0 Å². The van der Waals surface area contributed by atoms with Crippen LogP contribution in [-0.2, 0) is 4.66 Å². The van der Waals surface area contributed by atoms with Crippen molar-refractivity contribution >= 4 is 71.8 Å². The molecule has 0 N–H and O–H groups in total. The second kappa shape index (κ2) is 16.6. The van der Waals surface area contributed by atoms with Gasteiger partial charge in [-0.05, 0) is 116 Å². The summed E-state index contributed by atoms with van der Waals surface area (Å²) in [5, 5.41) is 5.32. The second-order valence-corrected chi connectivity index (χ2v) is 31.1. The highest BCUT2D eigenvalue weighted by atomic mass is 28.4. The first-order valence-electron chi connectivity index (χ1n) is 23.7. The third-order valence-electron chi connectivity index (χ3n) is 14.3. The zero-order chi connectivity index (χ0) is 45.9. The first-order chi connectivity index (χ1) is 32.5. The van der Waals surface area contributed by atoms with Crippen molar-refractivity contribution in [3.8, 4) is 33.4 Å². The zero-order valence-corrected chi connectivity index (χ0v) is 41.3. The van der Waals surface area contributed by atoms with E-state index in [2.05, 4.69) is 280 Å². The summed E-state index contributed by atoms with van der Waals surface area (Å²) >= 11 is 0. The Morgan fingerprint density at radius 3 is 1.01 bits per heavy atom. The van der Waals surface area contributed by atoms with Gasteiger partial charge in [0.15, 0.2) is 0 Å². The van der Waals surface area contributed by atoms with Crippen molar-refractivity contribution in [1.82, 2.24) is 0 Å². The van der Waals surface area contributed by atoms with Crippen molar-refractivity contribution < 1.29 is 0 Å². The van der Waals surface area contributed by atoms with Crippen LogP contribution in [0, 0.1) is 0 Å². The Morgan fingerprint density at radius 2 is 0.642 bits per heavy atom. The summed E-state index contributed by atoms with van der Waals surface area (Å²) in [5.41, 5.74) is 17.6. The largest absolute Gasteiger partial charge is 0.310 e. The van der Waals surface area contributed by atoms with Crippen LogP contribution in [0.15, 0.2) is 231 Å². The van der Waals surface area contributed by atoms with E-state index in [1.165, 1.54) is 54.9 Å². The number of benzene rings is 10. The molecule has 0 radical (unpaired) electrons. The molecule has 11 rings (SSSR count). The molecule has 0 saturated heterocycles. The van der Waals surface area contributed by atoms with Crippen LogP contribution in [0.3, 0.4) is 0 Å². The van der Waals surface area contributed by atoms with Crippen LogP contribution in [0.5, 0.6) is 0 Å². The fourth-order valence-electron chi connectivity index (χ4n) is 12.0. The quantitative estimate of drug-likeness (QED) is 0.126. The van der Waals surface area contributed by atoms with Gasteiger partial charge < -0.3 is 9.80 Å². The molecule has 10 aromatic carbocycles. The molecule has 0 saturated carbocycles. The summed E-state index contributed by atoms with van der Waals surface area (Å²) in [6.07, 6.45) is 0. The topological polar surface area (TPSA) is 6.48 Å². The van der Waals surface area contributed by atoms with Crippen molar-refractivity contribution in [1.29, 1.82) is 0 Å². The van der Waals surface area contributed by atoms with Crippen LogP contribution < -0.4 is 9.80 Å². The summed E-state index contributed by atoms with van der Waals surface area (Å²) in [4.78, 5) is 4.88. The van der Waals surface area contributed by atoms with Crippen molar-refractivity contribution in [2.45, 2.75) is 43.9 Å². The molecule has 10 aromatic rings. The van der Waals surface area contributed by atoms with E-state index in [4.69, 9.17) is 0 Å². The van der Waals surface area contributed by atoms with E-state index in [1.807, 2.05) is 0 Å². The van der Waals surface area contributed by atoms with Gasteiger partial charge >= 0.3 is 0 Å². The standard InChI is InChI=1S/C63H56N2Si2/c1-66(2,3)63(67(4,5)6)61-55-41-37-51(64(49-27-15-9-16-28-49)59-33-21-19-31-53(59)45-23-11-7-12-24-45)43-47(55)35-39-57(61)58-40-36-48-44-52(38-42-56(48)62(58)63)65(50-29-17-10-18-30-50)60-34-22-20-32-54(60)46-25-13-8-14-26-46/h7-44H,1-6H3. The maximum absolute atomic E-state index is 2.64. The Labute approximate surface area is 398 Å². The van der Waals surface area contributed by atoms with Gasteiger partial charge in [0.25, 0.3) is 0 Å². The highest BCUT2D eigenvalue weighted by Crippen LogP contribution is 2.62. The Morgan fingerprint density at radius 1 is 0.299 bits per heavy atom. The number of para-hydroxylation sites is 4. The molecule has 0 heterocycles. The van der Waals surface area contributed by atoms with Crippen LogP contribution in [0.25, 0.3) is 54.9 Å². The Balaban J connectivity index is 1.11. The normalized spacial score (nSPS) is 13.0. The lowest BCUT2D eigenvalue weighted by molar-refractivity contribution is 0.972. The van der Waals surface area contributed by atoms with E-state index in [9.17, 15) is 0 Å². The van der Waals surface area contributed by atoms with E-state index in [0.717, 1.165) is 34.1 Å².